The van der Waals surface area contributed by atoms with E-state index >= 15 is 0 Å². The molecule has 0 heterocycles. The molecule has 0 spiro atoms. The van der Waals surface area contributed by atoms with Crippen LogP contribution in [0.4, 0.5) is 5.69 Å². The van der Waals surface area contributed by atoms with E-state index in [1.165, 1.54) is 0 Å². The standard InChI is InChI=1S/C20H23NO3/c1-2-13-24-19-10-3-15(4-11-19)14-17(7-12-20(22)23)16-5-8-18(21)9-6-16/h3-6,8-11,14H,2,7,12-13,21H2,1H3,(H,22,23). The first-order chi connectivity index (χ1) is 11.6. The van der Waals surface area contributed by atoms with Crippen molar-refractivity contribution in [3.8, 4) is 5.75 Å². The van der Waals surface area contributed by atoms with Gasteiger partial charge in [-0.15, -0.1) is 0 Å². The molecule has 0 radical (unpaired) electrons. The second-order valence-corrected chi connectivity index (χ2v) is 5.60. The van der Waals surface area contributed by atoms with Gasteiger partial charge in [-0.3, -0.25) is 4.79 Å². The van der Waals surface area contributed by atoms with Crippen molar-refractivity contribution >= 4 is 23.3 Å². The van der Waals surface area contributed by atoms with Crippen molar-refractivity contribution in [2.75, 3.05) is 12.3 Å². The van der Waals surface area contributed by atoms with E-state index in [2.05, 4.69) is 6.92 Å². The number of nitrogen functional groups attached to an aromatic ring is 1. The molecule has 2 aromatic rings. The normalized spacial score (nSPS) is 11.3. The number of benzene rings is 2. The fourth-order valence-electron chi connectivity index (χ4n) is 2.32. The maximum absolute atomic E-state index is 10.9. The summed E-state index contributed by atoms with van der Waals surface area (Å²) in [6.07, 6.45) is 3.54. The lowest BCUT2D eigenvalue weighted by atomic mass is 9.98. The Balaban J connectivity index is 2.23. The van der Waals surface area contributed by atoms with Crippen LogP contribution in [-0.2, 0) is 4.79 Å². The van der Waals surface area contributed by atoms with Crippen LogP contribution in [0.1, 0.15) is 37.3 Å². The van der Waals surface area contributed by atoms with Gasteiger partial charge in [0, 0.05) is 12.1 Å². The van der Waals surface area contributed by atoms with Gasteiger partial charge in [-0.05, 0) is 53.8 Å². The Morgan fingerprint density at radius 2 is 1.75 bits per heavy atom. The topological polar surface area (TPSA) is 72.5 Å². The minimum Gasteiger partial charge on any atom is -0.494 e. The van der Waals surface area contributed by atoms with Crippen molar-refractivity contribution < 1.29 is 14.6 Å². The minimum absolute atomic E-state index is 0.0912. The van der Waals surface area contributed by atoms with E-state index < -0.39 is 5.97 Å². The molecule has 126 valence electrons. The molecule has 0 aliphatic rings. The average molecular weight is 325 g/mol. The summed E-state index contributed by atoms with van der Waals surface area (Å²) >= 11 is 0. The molecule has 4 nitrogen and oxygen atoms in total. The van der Waals surface area contributed by atoms with Crippen molar-refractivity contribution in [1.82, 2.24) is 0 Å². The highest BCUT2D eigenvalue weighted by molar-refractivity contribution is 5.83. The van der Waals surface area contributed by atoms with Crippen molar-refractivity contribution in [3.63, 3.8) is 0 Å². The molecule has 0 aliphatic heterocycles. The van der Waals surface area contributed by atoms with Crippen LogP contribution >= 0.6 is 0 Å². The van der Waals surface area contributed by atoms with E-state index in [1.807, 2.05) is 54.6 Å². The highest BCUT2D eigenvalue weighted by atomic mass is 16.5. The quantitative estimate of drug-likeness (QED) is 0.555. The van der Waals surface area contributed by atoms with E-state index in [-0.39, 0.29) is 6.42 Å². The number of carboxylic acids is 1. The third kappa shape index (κ3) is 5.47. The Bertz CT molecular complexity index is 688. The fraction of sp³-hybridized carbons (Fsp3) is 0.250. The first-order valence-corrected chi connectivity index (χ1v) is 8.09. The number of anilines is 1. The zero-order valence-corrected chi connectivity index (χ0v) is 13.9. The Morgan fingerprint density at radius 1 is 1.08 bits per heavy atom. The van der Waals surface area contributed by atoms with Gasteiger partial charge in [0.15, 0.2) is 0 Å². The van der Waals surface area contributed by atoms with E-state index in [0.717, 1.165) is 28.9 Å². The Kier molecular flexibility index (Phi) is 6.43. The highest BCUT2D eigenvalue weighted by Gasteiger charge is 2.06. The zero-order chi connectivity index (χ0) is 17.4. The van der Waals surface area contributed by atoms with Gasteiger partial charge < -0.3 is 15.6 Å². The van der Waals surface area contributed by atoms with Crippen LogP contribution in [0.5, 0.6) is 5.75 Å². The summed E-state index contributed by atoms with van der Waals surface area (Å²) in [5.41, 5.74) is 9.38. The molecule has 4 heteroatoms. The van der Waals surface area contributed by atoms with Crippen LogP contribution in [0.15, 0.2) is 48.5 Å². The third-order valence-electron chi connectivity index (χ3n) is 3.58. The van der Waals surface area contributed by atoms with Crippen LogP contribution in [0.3, 0.4) is 0 Å². The molecule has 2 rings (SSSR count). The molecule has 24 heavy (non-hydrogen) atoms. The van der Waals surface area contributed by atoms with Gasteiger partial charge in [0.25, 0.3) is 0 Å². The molecule has 2 aromatic carbocycles. The maximum atomic E-state index is 10.9. The number of allylic oxidation sites excluding steroid dienone is 1. The van der Waals surface area contributed by atoms with Crippen LogP contribution < -0.4 is 10.5 Å². The summed E-state index contributed by atoms with van der Waals surface area (Å²) in [6.45, 7) is 2.77. The molecule has 3 N–H and O–H groups in total. The van der Waals surface area contributed by atoms with Crippen LogP contribution in [0.2, 0.25) is 0 Å². The first kappa shape index (κ1) is 17.6. The van der Waals surface area contributed by atoms with Gasteiger partial charge in [-0.1, -0.05) is 37.3 Å². The molecule has 0 amide bonds. The molecule has 0 saturated carbocycles. The third-order valence-corrected chi connectivity index (χ3v) is 3.58. The largest absolute Gasteiger partial charge is 0.494 e. The first-order valence-electron chi connectivity index (χ1n) is 8.09. The summed E-state index contributed by atoms with van der Waals surface area (Å²) < 4.78 is 5.58. The van der Waals surface area contributed by atoms with Crippen LogP contribution in [0, 0.1) is 0 Å². The second-order valence-electron chi connectivity index (χ2n) is 5.60. The summed E-state index contributed by atoms with van der Waals surface area (Å²) in [6, 6.07) is 15.3. The van der Waals surface area contributed by atoms with Gasteiger partial charge in [0.05, 0.1) is 6.61 Å². The Morgan fingerprint density at radius 3 is 2.33 bits per heavy atom. The zero-order valence-electron chi connectivity index (χ0n) is 13.9. The number of hydrogen-bond acceptors (Lipinski definition) is 3. The van der Waals surface area contributed by atoms with Gasteiger partial charge >= 0.3 is 5.97 Å². The molecule has 0 fully saturated rings. The minimum atomic E-state index is -0.806. The SMILES string of the molecule is CCCOc1ccc(C=C(CCC(=O)O)c2ccc(N)cc2)cc1. The second kappa shape index (κ2) is 8.77. The number of ether oxygens (including phenoxy) is 1. The van der Waals surface area contributed by atoms with Crippen LogP contribution in [-0.4, -0.2) is 17.7 Å². The number of carbonyl (C=O) groups is 1. The molecule has 0 atom stereocenters. The molecule has 0 saturated heterocycles. The number of carboxylic acid groups (broad SMARTS) is 1. The summed E-state index contributed by atoms with van der Waals surface area (Å²) in [4.78, 5) is 10.9. The number of nitrogens with two attached hydrogens (primary N) is 1. The van der Waals surface area contributed by atoms with E-state index in [1.54, 1.807) is 0 Å². The molecule has 0 aliphatic carbocycles. The van der Waals surface area contributed by atoms with Crippen LogP contribution in [0.25, 0.3) is 11.6 Å². The predicted octanol–water partition coefficient (Wildman–Crippen LogP) is 4.46. The summed E-state index contributed by atoms with van der Waals surface area (Å²) in [5.74, 6) is 0.0354. The monoisotopic (exact) mass is 325 g/mol. The molecule has 0 bridgehead atoms. The number of rotatable bonds is 8. The van der Waals surface area contributed by atoms with E-state index in [0.29, 0.717) is 18.7 Å². The van der Waals surface area contributed by atoms with Crippen molar-refractivity contribution in [2.45, 2.75) is 26.2 Å². The fourth-order valence-corrected chi connectivity index (χ4v) is 2.32. The Hall–Kier alpha value is -2.75. The van der Waals surface area contributed by atoms with Gasteiger partial charge in [-0.25, -0.2) is 0 Å². The summed E-state index contributed by atoms with van der Waals surface area (Å²) in [5, 5.41) is 8.97. The van der Waals surface area contributed by atoms with Crippen molar-refractivity contribution in [2.24, 2.45) is 0 Å². The molecular formula is C20H23NO3. The number of hydrogen-bond donors (Lipinski definition) is 2. The van der Waals surface area contributed by atoms with Crippen molar-refractivity contribution in [3.05, 3.63) is 59.7 Å². The van der Waals surface area contributed by atoms with Gasteiger partial charge in [0.2, 0.25) is 0 Å². The maximum Gasteiger partial charge on any atom is 0.303 e. The molecular weight excluding hydrogens is 302 g/mol. The number of aliphatic carboxylic acids is 1. The Labute approximate surface area is 142 Å². The van der Waals surface area contributed by atoms with E-state index in [4.69, 9.17) is 15.6 Å². The van der Waals surface area contributed by atoms with Crippen molar-refractivity contribution in [1.29, 1.82) is 0 Å². The lowest BCUT2D eigenvalue weighted by Crippen LogP contribution is -1.96. The lowest BCUT2D eigenvalue weighted by molar-refractivity contribution is -0.136. The van der Waals surface area contributed by atoms with Gasteiger partial charge in [-0.2, -0.15) is 0 Å². The summed E-state index contributed by atoms with van der Waals surface area (Å²) in [7, 11) is 0. The van der Waals surface area contributed by atoms with Gasteiger partial charge in [0.1, 0.15) is 5.75 Å². The lowest BCUT2D eigenvalue weighted by Gasteiger charge is -2.09. The molecule has 0 unspecified atom stereocenters. The molecule has 0 aromatic heterocycles. The predicted molar refractivity (Wildman–Crippen MR) is 97.8 cm³/mol. The van der Waals surface area contributed by atoms with E-state index in [9.17, 15) is 4.79 Å². The smallest absolute Gasteiger partial charge is 0.303 e. The average Bonchev–Trinajstić information content (AvgIpc) is 2.58. The highest BCUT2D eigenvalue weighted by Crippen LogP contribution is 2.25.